The highest BCUT2D eigenvalue weighted by atomic mass is 14.9. The van der Waals surface area contributed by atoms with Crippen molar-refractivity contribution < 1.29 is 9.13 Å². The molecule has 2 heterocycles. The second kappa shape index (κ2) is 15.2. The monoisotopic (exact) mass is 410 g/mol. The second-order valence-electron chi connectivity index (χ2n) is 9.15. The van der Waals surface area contributed by atoms with Gasteiger partial charge in [0.05, 0.1) is 0 Å². The van der Waals surface area contributed by atoms with E-state index in [9.17, 15) is 0 Å². The maximum Gasteiger partial charge on any atom is 0.172 e. The Morgan fingerprint density at radius 2 is 1.03 bits per heavy atom. The third-order valence-corrected chi connectivity index (χ3v) is 6.27. The Morgan fingerprint density at radius 3 is 1.57 bits per heavy atom. The van der Waals surface area contributed by atoms with Crippen LogP contribution in [0.5, 0.6) is 0 Å². The van der Waals surface area contributed by atoms with Crippen LogP contribution in [0.15, 0.2) is 43.0 Å². The summed E-state index contributed by atoms with van der Waals surface area (Å²) >= 11 is 0. The Kier molecular flexibility index (Phi) is 12.4. The summed E-state index contributed by atoms with van der Waals surface area (Å²) in [5.74, 6) is 0. The van der Waals surface area contributed by atoms with Gasteiger partial charge in [-0.15, -0.1) is 0 Å². The first-order valence-corrected chi connectivity index (χ1v) is 12.6. The number of pyridine rings is 2. The first-order valence-electron chi connectivity index (χ1n) is 12.6. The molecule has 0 fully saturated rings. The van der Waals surface area contributed by atoms with Crippen LogP contribution in [-0.4, -0.2) is 0 Å². The van der Waals surface area contributed by atoms with Gasteiger partial charge in [0.25, 0.3) is 0 Å². The molecular weight excluding hydrogens is 364 g/mol. The fraction of sp³-hybridized carbons (Fsp3) is 0.643. The molecule has 0 aliphatic heterocycles. The minimum Gasteiger partial charge on any atom is -0.208 e. The van der Waals surface area contributed by atoms with E-state index in [0.29, 0.717) is 0 Å². The summed E-state index contributed by atoms with van der Waals surface area (Å²) in [7, 11) is 4.20. The van der Waals surface area contributed by atoms with Crippen molar-refractivity contribution in [2.24, 2.45) is 14.1 Å². The maximum atomic E-state index is 2.31. The molecule has 0 aliphatic carbocycles. The Bertz CT molecular complexity index is 690. The molecule has 166 valence electrons. The summed E-state index contributed by atoms with van der Waals surface area (Å²) in [5.41, 5.74) is 4.20. The molecule has 2 aromatic rings. The van der Waals surface area contributed by atoms with Crippen LogP contribution in [0.4, 0.5) is 0 Å². The van der Waals surface area contributed by atoms with Crippen molar-refractivity contribution in [1.82, 2.24) is 0 Å². The van der Waals surface area contributed by atoms with E-state index in [2.05, 4.69) is 73.1 Å². The van der Waals surface area contributed by atoms with E-state index in [4.69, 9.17) is 0 Å². The second-order valence-corrected chi connectivity index (χ2v) is 9.15. The summed E-state index contributed by atoms with van der Waals surface area (Å²) in [6.45, 7) is 2.30. The SMILES string of the molecule is CCCCCCCCCCCCCCCCc1c[n+](C)ccc1-c1cc[n+](C)cc1. The lowest BCUT2D eigenvalue weighted by Gasteiger charge is -2.08. The van der Waals surface area contributed by atoms with Crippen LogP contribution in [0.1, 0.15) is 102 Å². The molecule has 2 rings (SSSR count). The highest BCUT2D eigenvalue weighted by Gasteiger charge is 2.10. The van der Waals surface area contributed by atoms with Gasteiger partial charge in [0, 0.05) is 23.8 Å². The van der Waals surface area contributed by atoms with Crippen LogP contribution >= 0.6 is 0 Å². The van der Waals surface area contributed by atoms with E-state index in [1.165, 1.54) is 113 Å². The van der Waals surface area contributed by atoms with Gasteiger partial charge in [0.15, 0.2) is 24.8 Å². The molecule has 0 radical (unpaired) electrons. The molecule has 0 amide bonds. The number of rotatable bonds is 16. The van der Waals surface area contributed by atoms with Gasteiger partial charge in [-0.2, -0.15) is 0 Å². The van der Waals surface area contributed by atoms with Gasteiger partial charge in [0.2, 0.25) is 0 Å². The lowest BCUT2D eigenvalue weighted by Crippen LogP contribution is -2.28. The zero-order valence-electron chi connectivity index (χ0n) is 20.0. The van der Waals surface area contributed by atoms with Crippen molar-refractivity contribution in [1.29, 1.82) is 0 Å². The number of aryl methyl sites for hydroxylation is 3. The molecule has 0 bridgehead atoms. The van der Waals surface area contributed by atoms with Gasteiger partial charge in [0.1, 0.15) is 14.1 Å². The highest BCUT2D eigenvalue weighted by molar-refractivity contribution is 5.65. The average Bonchev–Trinajstić information content (AvgIpc) is 2.75. The normalized spacial score (nSPS) is 11.2. The molecule has 0 atom stereocenters. The number of hydrogen-bond donors (Lipinski definition) is 0. The Morgan fingerprint density at radius 1 is 0.567 bits per heavy atom. The smallest absolute Gasteiger partial charge is 0.172 e. The standard InChI is InChI=1S/C28H46N2/c1-4-5-6-7-8-9-10-11-12-13-14-15-16-17-18-27-25-30(3)24-21-28(27)26-19-22-29(2)23-20-26/h19-25H,4-18H2,1-3H3/q+2. The van der Waals surface area contributed by atoms with Crippen LogP contribution in [0.25, 0.3) is 11.1 Å². The van der Waals surface area contributed by atoms with Crippen molar-refractivity contribution in [2.45, 2.75) is 103 Å². The third kappa shape index (κ3) is 9.87. The van der Waals surface area contributed by atoms with Crippen molar-refractivity contribution >= 4 is 0 Å². The minimum absolute atomic E-state index is 1.18. The lowest BCUT2D eigenvalue weighted by atomic mass is 9.97. The van der Waals surface area contributed by atoms with Crippen LogP contribution in [-0.2, 0) is 20.5 Å². The molecule has 0 saturated carbocycles. The highest BCUT2D eigenvalue weighted by Crippen LogP contribution is 2.23. The van der Waals surface area contributed by atoms with Crippen molar-refractivity contribution in [3.05, 3.63) is 48.5 Å². The van der Waals surface area contributed by atoms with Gasteiger partial charge in [-0.1, -0.05) is 90.4 Å². The van der Waals surface area contributed by atoms with Crippen LogP contribution in [0.3, 0.4) is 0 Å². The predicted molar refractivity (Wildman–Crippen MR) is 128 cm³/mol. The van der Waals surface area contributed by atoms with E-state index in [1.807, 2.05) is 0 Å². The molecule has 2 aromatic heterocycles. The fourth-order valence-corrected chi connectivity index (χ4v) is 4.33. The van der Waals surface area contributed by atoms with Gasteiger partial charge in [-0.05, 0) is 24.0 Å². The molecule has 0 aromatic carbocycles. The molecule has 0 aliphatic rings. The number of hydrogen-bond acceptors (Lipinski definition) is 0. The van der Waals surface area contributed by atoms with Gasteiger partial charge >= 0.3 is 0 Å². The first-order chi connectivity index (χ1) is 14.7. The topological polar surface area (TPSA) is 7.76 Å². The van der Waals surface area contributed by atoms with Gasteiger partial charge < -0.3 is 0 Å². The predicted octanol–water partition coefficient (Wildman–Crippen LogP) is 7.03. The Balaban J connectivity index is 1.57. The summed E-state index contributed by atoms with van der Waals surface area (Å²) < 4.78 is 4.28. The van der Waals surface area contributed by atoms with Gasteiger partial charge in [-0.3, -0.25) is 0 Å². The van der Waals surface area contributed by atoms with Crippen LogP contribution in [0, 0.1) is 0 Å². The van der Waals surface area contributed by atoms with Crippen LogP contribution in [0.2, 0.25) is 0 Å². The fourth-order valence-electron chi connectivity index (χ4n) is 4.33. The lowest BCUT2D eigenvalue weighted by molar-refractivity contribution is -0.672. The summed E-state index contributed by atoms with van der Waals surface area (Å²) in [6.07, 6.45) is 29.8. The van der Waals surface area contributed by atoms with Crippen LogP contribution < -0.4 is 9.13 Å². The zero-order chi connectivity index (χ0) is 21.4. The number of unbranched alkanes of at least 4 members (excludes halogenated alkanes) is 13. The molecule has 2 heteroatoms. The van der Waals surface area contributed by atoms with E-state index in [1.54, 1.807) is 0 Å². The number of nitrogens with zero attached hydrogens (tertiary/aromatic N) is 2. The first kappa shape index (κ1) is 24.6. The minimum atomic E-state index is 1.18. The Hall–Kier alpha value is -1.70. The van der Waals surface area contributed by atoms with E-state index in [-0.39, 0.29) is 0 Å². The van der Waals surface area contributed by atoms with Gasteiger partial charge in [-0.25, -0.2) is 9.13 Å². The summed E-state index contributed by atoms with van der Waals surface area (Å²) in [5, 5.41) is 0. The maximum absolute atomic E-state index is 2.31. The van der Waals surface area contributed by atoms with Crippen molar-refractivity contribution in [3.63, 3.8) is 0 Å². The van der Waals surface area contributed by atoms with Crippen molar-refractivity contribution in [2.75, 3.05) is 0 Å². The average molecular weight is 411 g/mol. The van der Waals surface area contributed by atoms with Crippen molar-refractivity contribution in [3.8, 4) is 11.1 Å². The van der Waals surface area contributed by atoms with E-state index >= 15 is 0 Å². The largest absolute Gasteiger partial charge is 0.208 e. The van der Waals surface area contributed by atoms with E-state index in [0.717, 1.165) is 0 Å². The third-order valence-electron chi connectivity index (χ3n) is 6.27. The molecule has 30 heavy (non-hydrogen) atoms. The Labute approximate surface area is 186 Å². The molecular formula is C28H46N2+2. The molecule has 0 unspecified atom stereocenters. The molecule has 0 N–H and O–H groups in total. The summed E-state index contributed by atoms with van der Waals surface area (Å²) in [4.78, 5) is 0. The quantitative estimate of drug-likeness (QED) is 0.207. The summed E-state index contributed by atoms with van der Waals surface area (Å²) in [6, 6.07) is 6.72. The number of aromatic nitrogens is 2. The molecule has 0 saturated heterocycles. The molecule has 2 nitrogen and oxygen atoms in total. The van der Waals surface area contributed by atoms with E-state index < -0.39 is 0 Å². The zero-order valence-corrected chi connectivity index (χ0v) is 20.0. The molecule has 0 spiro atoms.